The molecule has 2 nitrogen and oxygen atoms in total. The van der Waals surface area contributed by atoms with E-state index in [1.807, 2.05) is 49.4 Å². The van der Waals surface area contributed by atoms with E-state index in [-0.39, 0.29) is 0 Å². The van der Waals surface area contributed by atoms with E-state index in [0.29, 0.717) is 6.61 Å². The summed E-state index contributed by atoms with van der Waals surface area (Å²) in [6.45, 7) is 4.81. The van der Waals surface area contributed by atoms with Crippen molar-refractivity contribution in [1.29, 1.82) is 0 Å². The van der Waals surface area contributed by atoms with Crippen LogP contribution in [0.1, 0.15) is 36.1 Å². The Morgan fingerprint density at radius 3 is 2.50 bits per heavy atom. The highest BCUT2D eigenvalue weighted by Gasteiger charge is 2.14. The summed E-state index contributed by atoms with van der Waals surface area (Å²) >= 11 is 3.54. The smallest absolute Gasteiger partial charge is 0.119 e. The highest BCUT2D eigenvalue weighted by molar-refractivity contribution is 9.10. The number of ether oxygens (including phenoxy) is 1. The van der Waals surface area contributed by atoms with Crippen LogP contribution in [-0.2, 0) is 0 Å². The summed E-state index contributed by atoms with van der Waals surface area (Å²) in [5, 5.41) is 10.5. The van der Waals surface area contributed by atoms with Crippen molar-refractivity contribution in [3.63, 3.8) is 0 Å². The maximum Gasteiger partial charge on any atom is 0.119 e. The third-order valence-electron chi connectivity index (χ3n) is 3.18. The zero-order chi connectivity index (χ0) is 14.5. The Morgan fingerprint density at radius 1 is 1.15 bits per heavy atom. The van der Waals surface area contributed by atoms with Gasteiger partial charge in [0.1, 0.15) is 11.9 Å². The van der Waals surface area contributed by atoms with Crippen LogP contribution in [0.4, 0.5) is 0 Å². The van der Waals surface area contributed by atoms with Crippen molar-refractivity contribution in [1.82, 2.24) is 0 Å². The molecule has 2 aromatic rings. The lowest BCUT2D eigenvalue weighted by atomic mass is 10.00. The maximum absolute atomic E-state index is 10.5. The van der Waals surface area contributed by atoms with Crippen LogP contribution in [0.5, 0.6) is 5.75 Å². The molecule has 0 aliphatic heterocycles. The highest BCUT2D eigenvalue weighted by atomic mass is 79.9. The molecule has 0 spiro atoms. The summed E-state index contributed by atoms with van der Waals surface area (Å²) in [5.74, 6) is 0.839. The van der Waals surface area contributed by atoms with Crippen LogP contribution in [0.15, 0.2) is 46.9 Å². The third-order valence-corrected chi connectivity index (χ3v) is 4.27. The van der Waals surface area contributed by atoms with E-state index in [1.165, 1.54) is 0 Å². The number of hydrogen-bond acceptors (Lipinski definition) is 2. The summed E-state index contributed by atoms with van der Waals surface area (Å²) in [6.07, 6.45) is 0.352. The molecule has 0 saturated carbocycles. The number of halogens is 1. The standard InChI is InChI=1S/C17H19BrO2/c1-3-11-20-14-9-7-13(8-10-14)17(19)15-6-4-5-12(2)16(15)18/h4-10,17,19H,3,11H2,1-2H3. The summed E-state index contributed by atoms with van der Waals surface area (Å²) in [6, 6.07) is 13.5. The first-order valence-electron chi connectivity index (χ1n) is 6.79. The molecule has 2 aromatic carbocycles. The summed E-state index contributed by atoms with van der Waals surface area (Å²) < 4.78 is 6.50. The molecule has 1 atom stereocenters. The van der Waals surface area contributed by atoms with Gasteiger partial charge in [-0.05, 0) is 42.2 Å². The number of aryl methyl sites for hydroxylation is 1. The SMILES string of the molecule is CCCOc1ccc(C(O)c2cccc(C)c2Br)cc1. The predicted octanol–water partition coefficient (Wildman–Crippen LogP) is 4.63. The zero-order valence-electron chi connectivity index (χ0n) is 11.8. The van der Waals surface area contributed by atoms with Crippen molar-refractivity contribution in [2.75, 3.05) is 6.61 Å². The summed E-state index contributed by atoms with van der Waals surface area (Å²) in [4.78, 5) is 0. The van der Waals surface area contributed by atoms with Crippen LogP contribution in [0.2, 0.25) is 0 Å². The number of benzene rings is 2. The maximum atomic E-state index is 10.5. The fraction of sp³-hybridized carbons (Fsp3) is 0.294. The fourth-order valence-electron chi connectivity index (χ4n) is 2.03. The van der Waals surface area contributed by atoms with Crippen LogP contribution in [-0.4, -0.2) is 11.7 Å². The van der Waals surface area contributed by atoms with Gasteiger partial charge in [-0.15, -0.1) is 0 Å². The molecule has 106 valence electrons. The van der Waals surface area contributed by atoms with E-state index >= 15 is 0 Å². The van der Waals surface area contributed by atoms with Gasteiger partial charge < -0.3 is 9.84 Å². The van der Waals surface area contributed by atoms with Crippen LogP contribution < -0.4 is 4.74 Å². The van der Waals surface area contributed by atoms with E-state index in [9.17, 15) is 5.11 Å². The Morgan fingerprint density at radius 2 is 1.85 bits per heavy atom. The molecule has 0 aromatic heterocycles. The molecule has 20 heavy (non-hydrogen) atoms. The second kappa shape index (κ2) is 6.91. The van der Waals surface area contributed by atoms with Gasteiger partial charge >= 0.3 is 0 Å². The quantitative estimate of drug-likeness (QED) is 0.863. The Balaban J connectivity index is 2.20. The predicted molar refractivity (Wildman–Crippen MR) is 85.2 cm³/mol. The van der Waals surface area contributed by atoms with E-state index < -0.39 is 6.10 Å². The van der Waals surface area contributed by atoms with Gasteiger partial charge in [0, 0.05) is 4.47 Å². The van der Waals surface area contributed by atoms with E-state index in [1.54, 1.807) is 0 Å². The first-order chi connectivity index (χ1) is 9.63. The Hall–Kier alpha value is -1.32. The van der Waals surface area contributed by atoms with Crippen LogP contribution in [0.25, 0.3) is 0 Å². The van der Waals surface area contributed by atoms with Crippen molar-refractivity contribution in [2.45, 2.75) is 26.4 Å². The van der Waals surface area contributed by atoms with Gasteiger partial charge in [-0.25, -0.2) is 0 Å². The van der Waals surface area contributed by atoms with Gasteiger partial charge in [0.25, 0.3) is 0 Å². The molecule has 0 bridgehead atoms. The molecular weight excluding hydrogens is 316 g/mol. The minimum Gasteiger partial charge on any atom is -0.494 e. The van der Waals surface area contributed by atoms with Crippen molar-refractivity contribution in [3.05, 3.63) is 63.6 Å². The molecule has 0 fully saturated rings. The van der Waals surface area contributed by atoms with Gasteiger partial charge in [-0.2, -0.15) is 0 Å². The molecule has 0 amide bonds. The normalized spacial score (nSPS) is 12.2. The second-order valence-electron chi connectivity index (χ2n) is 4.80. The van der Waals surface area contributed by atoms with Crippen LogP contribution in [0, 0.1) is 6.92 Å². The number of aliphatic hydroxyl groups is 1. The lowest BCUT2D eigenvalue weighted by molar-refractivity contribution is 0.219. The lowest BCUT2D eigenvalue weighted by Crippen LogP contribution is -2.02. The topological polar surface area (TPSA) is 29.5 Å². The Bertz CT molecular complexity index is 564. The van der Waals surface area contributed by atoms with Crippen molar-refractivity contribution < 1.29 is 9.84 Å². The molecule has 0 aliphatic rings. The van der Waals surface area contributed by atoms with Crippen molar-refractivity contribution in [3.8, 4) is 5.75 Å². The zero-order valence-corrected chi connectivity index (χ0v) is 13.4. The molecule has 1 N–H and O–H groups in total. The van der Waals surface area contributed by atoms with Crippen LogP contribution in [0.3, 0.4) is 0 Å². The minimum atomic E-state index is -0.635. The van der Waals surface area contributed by atoms with Gasteiger partial charge in [0.15, 0.2) is 0 Å². The number of hydrogen-bond donors (Lipinski definition) is 1. The molecule has 1 unspecified atom stereocenters. The minimum absolute atomic E-state index is 0.635. The molecule has 0 aliphatic carbocycles. The van der Waals surface area contributed by atoms with Gasteiger partial charge in [-0.1, -0.05) is 53.2 Å². The third kappa shape index (κ3) is 3.41. The van der Waals surface area contributed by atoms with E-state index in [0.717, 1.165) is 33.3 Å². The fourth-order valence-corrected chi connectivity index (χ4v) is 2.51. The van der Waals surface area contributed by atoms with Gasteiger partial charge in [0.05, 0.1) is 6.61 Å². The first-order valence-corrected chi connectivity index (χ1v) is 7.58. The summed E-state index contributed by atoms with van der Waals surface area (Å²) in [7, 11) is 0. The lowest BCUT2D eigenvalue weighted by Gasteiger charge is -2.15. The molecular formula is C17H19BrO2. The van der Waals surface area contributed by atoms with Gasteiger partial charge in [0.2, 0.25) is 0 Å². The number of rotatable bonds is 5. The molecule has 0 saturated heterocycles. The molecule has 0 heterocycles. The molecule has 3 heteroatoms. The Labute approximate surface area is 128 Å². The van der Waals surface area contributed by atoms with Crippen LogP contribution >= 0.6 is 15.9 Å². The first kappa shape index (κ1) is 15.1. The van der Waals surface area contributed by atoms with E-state index in [4.69, 9.17) is 4.74 Å². The van der Waals surface area contributed by atoms with E-state index in [2.05, 4.69) is 22.9 Å². The monoisotopic (exact) mass is 334 g/mol. The van der Waals surface area contributed by atoms with Gasteiger partial charge in [-0.3, -0.25) is 0 Å². The Kier molecular flexibility index (Phi) is 5.21. The average molecular weight is 335 g/mol. The summed E-state index contributed by atoms with van der Waals surface area (Å²) in [5.41, 5.74) is 2.86. The van der Waals surface area contributed by atoms with Crippen molar-refractivity contribution in [2.24, 2.45) is 0 Å². The molecule has 2 rings (SSSR count). The average Bonchev–Trinajstić information content (AvgIpc) is 2.48. The second-order valence-corrected chi connectivity index (χ2v) is 5.59. The number of aliphatic hydroxyl groups excluding tert-OH is 1. The largest absolute Gasteiger partial charge is 0.494 e. The molecule has 0 radical (unpaired) electrons. The van der Waals surface area contributed by atoms with Crippen molar-refractivity contribution >= 4 is 15.9 Å². The highest BCUT2D eigenvalue weighted by Crippen LogP contribution is 2.31.